The molecule has 0 aromatic rings. The summed E-state index contributed by atoms with van der Waals surface area (Å²) in [6.07, 6.45) is 5.82. The molecular weight excluding hydrogens is 190 g/mol. The summed E-state index contributed by atoms with van der Waals surface area (Å²) in [6, 6.07) is 0.669. The zero-order chi connectivity index (χ0) is 10.7. The van der Waals surface area contributed by atoms with Crippen LogP contribution in [0.15, 0.2) is 0 Å². The van der Waals surface area contributed by atoms with Crippen LogP contribution >= 0.6 is 0 Å². The molecule has 1 N–H and O–H groups in total. The van der Waals surface area contributed by atoms with E-state index < -0.39 is 0 Å². The summed E-state index contributed by atoms with van der Waals surface area (Å²) >= 11 is 0. The summed E-state index contributed by atoms with van der Waals surface area (Å²) < 4.78 is 0. The van der Waals surface area contributed by atoms with E-state index in [1.165, 1.54) is 25.8 Å². The van der Waals surface area contributed by atoms with Crippen molar-refractivity contribution >= 4 is 5.91 Å². The lowest BCUT2D eigenvalue weighted by molar-refractivity contribution is -0.135. The maximum Gasteiger partial charge on any atom is 0.237 e. The minimum Gasteiger partial charge on any atom is -0.314 e. The van der Waals surface area contributed by atoms with E-state index in [-0.39, 0.29) is 5.91 Å². The molecule has 4 nitrogen and oxygen atoms in total. The van der Waals surface area contributed by atoms with Gasteiger partial charge in [-0.05, 0) is 25.8 Å². The standard InChI is InChI=1S/C11H21N3O/c1-13-11(15)6-9-14(13)8-5-10-4-2-3-7-12-10/h10,12H,2-9H2,1H3. The lowest BCUT2D eigenvalue weighted by Crippen LogP contribution is -2.41. The highest BCUT2D eigenvalue weighted by Gasteiger charge is 2.25. The van der Waals surface area contributed by atoms with Gasteiger partial charge in [0.15, 0.2) is 0 Å². The van der Waals surface area contributed by atoms with Crippen LogP contribution in [-0.2, 0) is 4.79 Å². The van der Waals surface area contributed by atoms with Crippen molar-refractivity contribution < 1.29 is 4.79 Å². The van der Waals surface area contributed by atoms with Gasteiger partial charge in [0, 0.05) is 32.6 Å². The van der Waals surface area contributed by atoms with Crippen molar-refractivity contribution in [2.75, 3.05) is 26.7 Å². The van der Waals surface area contributed by atoms with Crippen LogP contribution in [0.3, 0.4) is 0 Å². The van der Waals surface area contributed by atoms with Crippen molar-refractivity contribution in [2.45, 2.75) is 38.1 Å². The number of rotatable bonds is 3. The van der Waals surface area contributed by atoms with E-state index in [9.17, 15) is 4.79 Å². The van der Waals surface area contributed by atoms with Gasteiger partial charge < -0.3 is 5.32 Å². The van der Waals surface area contributed by atoms with Crippen LogP contribution in [0, 0.1) is 0 Å². The Balaban J connectivity index is 1.71. The van der Waals surface area contributed by atoms with Gasteiger partial charge in [-0.25, -0.2) is 5.01 Å². The Morgan fingerprint density at radius 3 is 2.93 bits per heavy atom. The van der Waals surface area contributed by atoms with Crippen LogP contribution in [0.1, 0.15) is 32.1 Å². The summed E-state index contributed by atoms with van der Waals surface area (Å²) in [7, 11) is 1.88. The molecule has 0 spiro atoms. The summed E-state index contributed by atoms with van der Waals surface area (Å²) in [5.41, 5.74) is 0. The van der Waals surface area contributed by atoms with E-state index in [1.54, 1.807) is 5.01 Å². The average Bonchev–Trinajstić information content (AvgIpc) is 2.59. The molecule has 1 unspecified atom stereocenters. The predicted molar refractivity (Wildman–Crippen MR) is 59.2 cm³/mol. The van der Waals surface area contributed by atoms with Crippen LogP contribution in [0.4, 0.5) is 0 Å². The third-order valence-electron chi connectivity index (χ3n) is 3.52. The quantitative estimate of drug-likeness (QED) is 0.742. The Morgan fingerprint density at radius 1 is 1.47 bits per heavy atom. The highest BCUT2D eigenvalue weighted by atomic mass is 16.2. The van der Waals surface area contributed by atoms with E-state index in [1.807, 2.05) is 7.05 Å². The first-order valence-electron chi connectivity index (χ1n) is 6.02. The van der Waals surface area contributed by atoms with Crippen LogP contribution < -0.4 is 5.32 Å². The number of piperidine rings is 1. The number of carbonyl (C=O) groups excluding carboxylic acids is 1. The number of hydrazine groups is 1. The molecule has 0 bridgehead atoms. The molecule has 2 saturated heterocycles. The van der Waals surface area contributed by atoms with Crippen molar-refractivity contribution in [3.05, 3.63) is 0 Å². The van der Waals surface area contributed by atoms with Crippen molar-refractivity contribution in [1.29, 1.82) is 0 Å². The molecule has 0 aromatic carbocycles. The molecule has 2 rings (SSSR count). The molecule has 2 aliphatic heterocycles. The Labute approximate surface area is 91.6 Å². The number of hydrogen-bond donors (Lipinski definition) is 1. The highest BCUT2D eigenvalue weighted by Crippen LogP contribution is 2.14. The smallest absolute Gasteiger partial charge is 0.237 e. The molecule has 2 aliphatic rings. The Bertz CT molecular complexity index is 226. The molecule has 2 fully saturated rings. The zero-order valence-electron chi connectivity index (χ0n) is 9.54. The molecule has 4 heteroatoms. The predicted octanol–water partition coefficient (Wildman–Crippen LogP) is 0.598. The first kappa shape index (κ1) is 10.9. The second-order valence-corrected chi connectivity index (χ2v) is 4.56. The summed E-state index contributed by atoms with van der Waals surface area (Å²) in [4.78, 5) is 11.3. The lowest BCUT2D eigenvalue weighted by atomic mass is 10.0. The Morgan fingerprint density at radius 2 is 2.33 bits per heavy atom. The topological polar surface area (TPSA) is 35.6 Å². The van der Waals surface area contributed by atoms with Gasteiger partial charge in [-0.15, -0.1) is 0 Å². The maximum absolute atomic E-state index is 11.3. The van der Waals surface area contributed by atoms with Crippen molar-refractivity contribution in [3.8, 4) is 0 Å². The van der Waals surface area contributed by atoms with E-state index in [2.05, 4.69) is 10.3 Å². The molecule has 0 saturated carbocycles. The molecule has 15 heavy (non-hydrogen) atoms. The van der Waals surface area contributed by atoms with Gasteiger partial charge in [-0.1, -0.05) is 6.42 Å². The summed E-state index contributed by atoms with van der Waals surface area (Å²) in [5.74, 6) is 0.256. The normalized spacial score (nSPS) is 28.7. The highest BCUT2D eigenvalue weighted by molar-refractivity contribution is 5.77. The molecule has 1 atom stereocenters. The monoisotopic (exact) mass is 211 g/mol. The fourth-order valence-electron chi connectivity index (χ4n) is 2.43. The molecule has 0 radical (unpaired) electrons. The lowest BCUT2D eigenvalue weighted by Gasteiger charge is -2.28. The van der Waals surface area contributed by atoms with E-state index in [4.69, 9.17) is 0 Å². The van der Waals surface area contributed by atoms with Crippen molar-refractivity contribution in [1.82, 2.24) is 15.3 Å². The molecule has 0 aliphatic carbocycles. The third-order valence-corrected chi connectivity index (χ3v) is 3.52. The average molecular weight is 211 g/mol. The molecule has 86 valence electrons. The van der Waals surface area contributed by atoms with Gasteiger partial charge in [-0.3, -0.25) is 9.80 Å². The third kappa shape index (κ3) is 2.69. The van der Waals surface area contributed by atoms with Crippen LogP contribution in [0.25, 0.3) is 0 Å². The van der Waals surface area contributed by atoms with Gasteiger partial charge in [-0.2, -0.15) is 0 Å². The number of carbonyl (C=O) groups is 1. The number of amides is 1. The fourth-order valence-corrected chi connectivity index (χ4v) is 2.43. The molecule has 2 heterocycles. The number of hydrogen-bond acceptors (Lipinski definition) is 3. The summed E-state index contributed by atoms with van der Waals surface area (Å²) in [6.45, 7) is 3.08. The van der Waals surface area contributed by atoms with Gasteiger partial charge >= 0.3 is 0 Å². The number of nitrogens with one attached hydrogen (secondary N) is 1. The fraction of sp³-hybridized carbons (Fsp3) is 0.909. The first-order chi connectivity index (χ1) is 7.27. The van der Waals surface area contributed by atoms with Crippen LogP contribution in [0.5, 0.6) is 0 Å². The second kappa shape index (κ2) is 4.94. The zero-order valence-corrected chi connectivity index (χ0v) is 9.54. The Kier molecular flexibility index (Phi) is 3.59. The van der Waals surface area contributed by atoms with E-state index in [0.29, 0.717) is 12.5 Å². The van der Waals surface area contributed by atoms with E-state index in [0.717, 1.165) is 19.5 Å². The molecule has 0 aromatic heterocycles. The van der Waals surface area contributed by atoms with Crippen molar-refractivity contribution in [2.24, 2.45) is 0 Å². The first-order valence-corrected chi connectivity index (χ1v) is 6.02. The van der Waals surface area contributed by atoms with Crippen molar-refractivity contribution in [3.63, 3.8) is 0 Å². The minimum absolute atomic E-state index is 0.256. The van der Waals surface area contributed by atoms with Crippen LogP contribution in [0.2, 0.25) is 0 Å². The van der Waals surface area contributed by atoms with Gasteiger partial charge in [0.25, 0.3) is 0 Å². The summed E-state index contributed by atoms with van der Waals surface area (Å²) in [5, 5.41) is 7.48. The SMILES string of the molecule is CN1C(=O)CCN1CCC1CCCCN1. The largest absolute Gasteiger partial charge is 0.314 e. The molecular formula is C11H21N3O. The number of nitrogens with zero attached hydrogens (tertiary/aromatic N) is 2. The van der Waals surface area contributed by atoms with Gasteiger partial charge in [0.1, 0.15) is 0 Å². The van der Waals surface area contributed by atoms with Crippen LogP contribution in [-0.4, -0.2) is 48.6 Å². The second-order valence-electron chi connectivity index (χ2n) is 4.56. The van der Waals surface area contributed by atoms with E-state index >= 15 is 0 Å². The Hall–Kier alpha value is -0.610. The minimum atomic E-state index is 0.256. The maximum atomic E-state index is 11.3. The van der Waals surface area contributed by atoms with Gasteiger partial charge in [0.05, 0.1) is 0 Å². The van der Waals surface area contributed by atoms with Gasteiger partial charge in [0.2, 0.25) is 5.91 Å². The molecule has 1 amide bonds.